The van der Waals surface area contributed by atoms with Crippen molar-refractivity contribution < 1.29 is 4.42 Å². The van der Waals surface area contributed by atoms with E-state index in [4.69, 9.17) is 4.42 Å². The first-order chi connectivity index (χ1) is 9.24. The SMILES string of the molecule is CC(C)c1cc2c(NCc3ccco3)nccn2n1. The zero-order valence-electron chi connectivity index (χ0n) is 11.0. The number of fused-ring (bicyclic) bond motifs is 1. The molecule has 98 valence electrons. The van der Waals surface area contributed by atoms with Crippen molar-refractivity contribution in [1.82, 2.24) is 14.6 Å². The van der Waals surface area contributed by atoms with Crippen LogP contribution in [0.2, 0.25) is 0 Å². The van der Waals surface area contributed by atoms with Gasteiger partial charge >= 0.3 is 0 Å². The van der Waals surface area contributed by atoms with Crippen LogP contribution in [0.1, 0.15) is 31.2 Å². The normalized spacial score (nSPS) is 11.3. The molecule has 3 heterocycles. The maximum absolute atomic E-state index is 5.30. The van der Waals surface area contributed by atoms with Crippen LogP contribution in [0, 0.1) is 0 Å². The third-order valence-electron chi connectivity index (χ3n) is 3.01. The molecule has 0 atom stereocenters. The van der Waals surface area contributed by atoms with E-state index in [0.29, 0.717) is 12.5 Å². The molecular weight excluding hydrogens is 240 g/mol. The van der Waals surface area contributed by atoms with Crippen molar-refractivity contribution in [2.45, 2.75) is 26.3 Å². The van der Waals surface area contributed by atoms with Gasteiger partial charge in [0.15, 0.2) is 5.82 Å². The van der Waals surface area contributed by atoms with E-state index in [1.54, 1.807) is 12.5 Å². The molecule has 0 aliphatic carbocycles. The zero-order valence-corrected chi connectivity index (χ0v) is 11.0. The van der Waals surface area contributed by atoms with Crippen LogP contribution in [0.4, 0.5) is 5.82 Å². The van der Waals surface area contributed by atoms with E-state index >= 15 is 0 Å². The van der Waals surface area contributed by atoms with E-state index in [2.05, 4.69) is 35.3 Å². The lowest BCUT2D eigenvalue weighted by Gasteiger charge is -2.04. The van der Waals surface area contributed by atoms with Crippen LogP contribution in [0.25, 0.3) is 5.52 Å². The highest BCUT2D eigenvalue weighted by Gasteiger charge is 2.09. The molecule has 0 saturated carbocycles. The molecule has 5 heteroatoms. The number of furan rings is 1. The van der Waals surface area contributed by atoms with E-state index in [9.17, 15) is 0 Å². The molecule has 0 radical (unpaired) electrons. The zero-order chi connectivity index (χ0) is 13.2. The quantitative estimate of drug-likeness (QED) is 0.779. The van der Waals surface area contributed by atoms with Crippen molar-refractivity contribution in [2.75, 3.05) is 5.32 Å². The Balaban J connectivity index is 1.90. The van der Waals surface area contributed by atoms with Crippen LogP contribution in [0.15, 0.2) is 41.3 Å². The van der Waals surface area contributed by atoms with Crippen molar-refractivity contribution in [3.63, 3.8) is 0 Å². The molecule has 0 unspecified atom stereocenters. The van der Waals surface area contributed by atoms with Crippen LogP contribution >= 0.6 is 0 Å². The highest BCUT2D eigenvalue weighted by molar-refractivity contribution is 5.67. The second kappa shape index (κ2) is 4.76. The predicted octanol–water partition coefficient (Wildman–Crippen LogP) is 3.06. The Morgan fingerprint density at radius 2 is 2.32 bits per heavy atom. The number of hydrogen-bond donors (Lipinski definition) is 1. The Morgan fingerprint density at radius 1 is 1.42 bits per heavy atom. The maximum Gasteiger partial charge on any atom is 0.152 e. The molecule has 0 aliphatic rings. The lowest BCUT2D eigenvalue weighted by atomic mass is 10.1. The molecule has 0 amide bonds. The Bertz CT molecular complexity index is 670. The molecule has 0 spiro atoms. The average Bonchev–Trinajstić information content (AvgIpc) is 3.05. The molecule has 1 N–H and O–H groups in total. The van der Waals surface area contributed by atoms with Gasteiger partial charge in [-0.2, -0.15) is 5.10 Å². The third-order valence-corrected chi connectivity index (χ3v) is 3.01. The molecule has 0 aliphatic heterocycles. The first-order valence-electron chi connectivity index (χ1n) is 6.34. The van der Waals surface area contributed by atoms with Gasteiger partial charge in [-0.25, -0.2) is 9.50 Å². The van der Waals surface area contributed by atoms with Crippen LogP contribution < -0.4 is 5.32 Å². The first kappa shape index (κ1) is 11.8. The predicted molar refractivity (Wildman–Crippen MR) is 73.1 cm³/mol. The van der Waals surface area contributed by atoms with Crippen molar-refractivity contribution in [3.8, 4) is 0 Å². The van der Waals surface area contributed by atoms with Crippen LogP contribution in [0.3, 0.4) is 0 Å². The highest BCUT2D eigenvalue weighted by atomic mass is 16.3. The molecule has 5 nitrogen and oxygen atoms in total. The molecule has 0 bridgehead atoms. The lowest BCUT2D eigenvalue weighted by molar-refractivity contribution is 0.518. The first-order valence-corrected chi connectivity index (χ1v) is 6.34. The summed E-state index contributed by atoms with van der Waals surface area (Å²) in [5.41, 5.74) is 2.05. The Morgan fingerprint density at radius 3 is 3.05 bits per heavy atom. The van der Waals surface area contributed by atoms with Crippen molar-refractivity contribution in [2.24, 2.45) is 0 Å². The van der Waals surface area contributed by atoms with Crippen LogP contribution in [-0.4, -0.2) is 14.6 Å². The summed E-state index contributed by atoms with van der Waals surface area (Å²) in [6.45, 7) is 4.87. The second-order valence-corrected chi connectivity index (χ2v) is 4.76. The summed E-state index contributed by atoms with van der Waals surface area (Å²) < 4.78 is 7.15. The summed E-state index contributed by atoms with van der Waals surface area (Å²) in [6.07, 6.45) is 5.27. The average molecular weight is 256 g/mol. The standard InChI is InChI=1S/C14H16N4O/c1-10(2)12-8-13-14(15-5-6-18(13)17-12)16-9-11-4-3-7-19-11/h3-8,10H,9H2,1-2H3,(H,15,16). The number of anilines is 1. The van der Waals surface area contributed by atoms with Gasteiger partial charge in [0.1, 0.15) is 11.3 Å². The number of nitrogens with one attached hydrogen (secondary N) is 1. The maximum atomic E-state index is 5.30. The van der Waals surface area contributed by atoms with Gasteiger partial charge in [0, 0.05) is 12.4 Å². The number of aromatic nitrogens is 3. The number of rotatable bonds is 4. The molecule has 0 aromatic carbocycles. The summed E-state index contributed by atoms with van der Waals surface area (Å²) in [6, 6.07) is 5.88. The Labute approximate surface area is 111 Å². The van der Waals surface area contributed by atoms with Crippen LogP contribution in [-0.2, 0) is 6.54 Å². The molecule has 0 fully saturated rings. The van der Waals surface area contributed by atoms with E-state index in [1.807, 2.05) is 22.8 Å². The summed E-state index contributed by atoms with van der Waals surface area (Å²) in [4.78, 5) is 4.37. The summed E-state index contributed by atoms with van der Waals surface area (Å²) in [5.74, 6) is 2.10. The fourth-order valence-electron chi connectivity index (χ4n) is 1.94. The molecule has 3 rings (SSSR count). The monoisotopic (exact) mass is 256 g/mol. The third kappa shape index (κ3) is 2.31. The van der Waals surface area contributed by atoms with Crippen molar-refractivity contribution in [1.29, 1.82) is 0 Å². The fraction of sp³-hybridized carbons (Fsp3) is 0.286. The molecule has 19 heavy (non-hydrogen) atoms. The summed E-state index contributed by atoms with van der Waals surface area (Å²) in [7, 11) is 0. The molecule has 3 aromatic heterocycles. The Kier molecular flexibility index (Phi) is 2.95. The van der Waals surface area contributed by atoms with Crippen LogP contribution in [0.5, 0.6) is 0 Å². The van der Waals surface area contributed by atoms with E-state index < -0.39 is 0 Å². The molecule has 3 aromatic rings. The van der Waals surface area contributed by atoms with E-state index in [1.165, 1.54) is 0 Å². The van der Waals surface area contributed by atoms with Gasteiger partial charge in [-0.1, -0.05) is 13.8 Å². The van der Waals surface area contributed by atoms with E-state index in [0.717, 1.165) is 22.8 Å². The fourth-order valence-corrected chi connectivity index (χ4v) is 1.94. The van der Waals surface area contributed by atoms with Gasteiger partial charge in [0.2, 0.25) is 0 Å². The van der Waals surface area contributed by atoms with Gasteiger partial charge in [-0.3, -0.25) is 0 Å². The van der Waals surface area contributed by atoms with Crippen molar-refractivity contribution >= 4 is 11.3 Å². The van der Waals surface area contributed by atoms with Gasteiger partial charge in [0.05, 0.1) is 18.5 Å². The van der Waals surface area contributed by atoms with Gasteiger partial charge in [-0.05, 0) is 24.1 Å². The van der Waals surface area contributed by atoms with Gasteiger partial charge in [0.25, 0.3) is 0 Å². The lowest BCUT2D eigenvalue weighted by Crippen LogP contribution is -2.02. The summed E-state index contributed by atoms with van der Waals surface area (Å²) in [5, 5.41) is 7.81. The minimum Gasteiger partial charge on any atom is -0.467 e. The number of hydrogen-bond acceptors (Lipinski definition) is 4. The largest absolute Gasteiger partial charge is 0.467 e. The second-order valence-electron chi connectivity index (χ2n) is 4.76. The van der Waals surface area contributed by atoms with Gasteiger partial charge in [-0.15, -0.1) is 0 Å². The molecule has 0 saturated heterocycles. The number of nitrogens with zero attached hydrogens (tertiary/aromatic N) is 3. The molecular formula is C14H16N4O. The minimum absolute atomic E-state index is 0.401. The Hall–Kier alpha value is -2.30. The smallest absolute Gasteiger partial charge is 0.152 e. The highest BCUT2D eigenvalue weighted by Crippen LogP contribution is 2.20. The van der Waals surface area contributed by atoms with Crippen molar-refractivity contribution in [3.05, 3.63) is 48.3 Å². The summed E-state index contributed by atoms with van der Waals surface area (Å²) >= 11 is 0. The van der Waals surface area contributed by atoms with Gasteiger partial charge < -0.3 is 9.73 Å². The topological polar surface area (TPSA) is 55.4 Å². The van der Waals surface area contributed by atoms with E-state index in [-0.39, 0.29) is 0 Å². The minimum atomic E-state index is 0.401.